The molecular formula is C7H15NO2. The van der Waals surface area contributed by atoms with Crippen LogP contribution in [0.2, 0.25) is 0 Å². The molecule has 0 saturated heterocycles. The molecule has 0 bridgehead atoms. The minimum absolute atomic E-state index is 0.0404. The van der Waals surface area contributed by atoms with Crippen LogP contribution in [0.5, 0.6) is 0 Å². The lowest BCUT2D eigenvalue weighted by atomic mass is 10.00. The number of likely N-dealkylation sites (N-methyl/N-ethyl adjacent to an activating group) is 1. The summed E-state index contributed by atoms with van der Waals surface area (Å²) in [4.78, 5) is 10.5. The molecule has 60 valence electrons. The standard InChI is InChI=1S/C7H15NO2/c1-4-5(2)6(8-3)7(9)10/h5-6,8H,4H2,1-3H3,(H,9,10)/t5-,6-/m0/s1/i3D. The second-order valence-corrected chi connectivity index (χ2v) is 2.41. The van der Waals surface area contributed by atoms with E-state index >= 15 is 0 Å². The van der Waals surface area contributed by atoms with Gasteiger partial charge in [-0.25, -0.2) is 0 Å². The van der Waals surface area contributed by atoms with E-state index < -0.39 is 12.0 Å². The Morgan fingerprint density at radius 3 is 2.80 bits per heavy atom. The number of hydrogen-bond acceptors (Lipinski definition) is 2. The zero-order valence-electron chi connectivity index (χ0n) is 7.42. The highest BCUT2D eigenvalue weighted by molar-refractivity contribution is 5.73. The summed E-state index contributed by atoms with van der Waals surface area (Å²) in [6, 6.07) is -0.572. The third-order valence-corrected chi connectivity index (χ3v) is 1.70. The summed E-state index contributed by atoms with van der Waals surface area (Å²) in [6.07, 6.45) is 0.809. The van der Waals surface area contributed by atoms with E-state index in [9.17, 15) is 4.79 Å². The Bertz CT molecular complexity index is 130. The molecule has 0 rings (SSSR count). The number of carboxylic acid groups (broad SMARTS) is 1. The fourth-order valence-electron chi connectivity index (χ4n) is 0.768. The van der Waals surface area contributed by atoms with Gasteiger partial charge in [-0.3, -0.25) is 4.79 Å². The smallest absolute Gasteiger partial charge is 0.320 e. The fraction of sp³-hybridized carbons (Fsp3) is 0.857. The van der Waals surface area contributed by atoms with Gasteiger partial charge < -0.3 is 10.4 Å². The van der Waals surface area contributed by atoms with Gasteiger partial charge in [0.1, 0.15) is 6.04 Å². The summed E-state index contributed by atoms with van der Waals surface area (Å²) in [5.74, 6) is -0.788. The second-order valence-electron chi connectivity index (χ2n) is 2.41. The molecule has 0 aliphatic rings. The van der Waals surface area contributed by atoms with Crippen molar-refractivity contribution < 1.29 is 11.3 Å². The Labute approximate surface area is 62.8 Å². The first-order valence-corrected chi connectivity index (χ1v) is 3.38. The molecule has 0 unspecified atom stereocenters. The summed E-state index contributed by atoms with van der Waals surface area (Å²) >= 11 is 0. The lowest BCUT2D eigenvalue weighted by molar-refractivity contribution is -0.140. The van der Waals surface area contributed by atoms with Crippen LogP contribution in [0.4, 0.5) is 0 Å². The van der Waals surface area contributed by atoms with Gasteiger partial charge in [0, 0.05) is 1.37 Å². The van der Waals surface area contributed by atoms with Gasteiger partial charge in [0.25, 0.3) is 0 Å². The maximum Gasteiger partial charge on any atom is 0.320 e. The molecular weight excluding hydrogens is 130 g/mol. The summed E-state index contributed by atoms with van der Waals surface area (Å²) in [6.45, 7) is 3.80. The first-order valence-electron chi connectivity index (χ1n) is 4.09. The summed E-state index contributed by atoms with van der Waals surface area (Å²) in [7, 11) is -0.0404. The number of aliphatic carboxylic acids is 1. The molecule has 0 aromatic carbocycles. The van der Waals surface area contributed by atoms with E-state index in [1.165, 1.54) is 0 Å². The Kier molecular flexibility index (Phi) is 3.22. The molecule has 3 nitrogen and oxygen atoms in total. The van der Waals surface area contributed by atoms with Crippen LogP contribution in [0.25, 0.3) is 0 Å². The number of hydrogen-bond donors (Lipinski definition) is 2. The average molecular weight is 146 g/mol. The van der Waals surface area contributed by atoms with Crippen LogP contribution in [0.1, 0.15) is 21.6 Å². The van der Waals surface area contributed by atoms with Crippen molar-refractivity contribution in [3.8, 4) is 0 Å². The largest absolute Gasteiger partial charge is 0.480 e. The number of carbonyl (C=O) groups is 1. The van der Waals surface area contributed by atoms with Crippen molar-refractivity contribution in [2.75, 3.05) is 7.02 Å². The van der Waals surface area contributed by atoms with E-state index in [1.54, 1.807) is 0 Å². The van der Waals surface area contributed by atoms with Gasteiger partial charge in [0.15, 0.2) is 0 Å². The SMILES string of the molecule is [2H]CN[C@H](C(=O)O)[C@@H](C)CC. The van der Waals surface area contributed by atoms with Crippen LogP contribution >= 0.6 is 0 Å². The molecule has 0 aromatic rings. The molecule has 0 aliphatic carbocycles. The molecule has 0 heterocycles. The van der Waals surface area contributed by atoms with Gasteiger partial charge in [0.2, 0.25) is 0 Å². The van der Waals surface area contributed by atoms with Crippen molar-refractivity contribution in [3.63, 3.8) is 0 Å². The molecule has 0 aromatic heterocycles. The minimum Gasteiger partial charge on any atom is -0.480 e. The molecule has 2 atom stereocenters. The highest BCUT2D eigenvalue weighted by Gasteiger charge is 2.20. The van der Waals surface area contributed by atoms with Gasteiger partial charge in [-0.1, -0.05) is 20.3 Å². The Morgan fingerprint density at radius 2 is 2.50 bits per heavy atom. The quantitative estimate of drug-likeness (QED) is 0.614. The third kappa shape index (κ3) is 2.35. The normalized spacial score (nSPS) is 17.6. The molecule has 0 spiro atoms. The molecule has 0 fully saturated rings. The van der Waals surface area contributed by atoms with Gasteiger partial charge in [0.05, 0.1) is 0 Å². The van der Waals surface area contributed by atoms with Crippen LogP contribution in [0.15, 0.2) is 0 Å². The number of rotatable bonds is 4. The highest BCUT2D eigenvalue weighted by Crippen LogP contribution is 2.06. The van der Waals surface area contributed by atoms with Crippen molar-refractivity contribution in [2.45, 2.75) is 26.3 Å². The van der Waals surface area contributed by atoms with Crippen LogP contribution in [-0.4, -0.2) is 24.1 Å². The van der Waals surface area contributed by atoms with Gasteiger partial charge in [-0.05, 0) is 12.9 Å². The summed E-state index contributed by atoms with van der Waals surface area (Å²) < 4.78 is 6.82. The second kappa shape index (κ2) is 4.28. The van der Waals surface area contributed by atoms with Crippen LogP contribution in [-0.2, 0) is 4.79 Å². The van der Waals surface area contributed by atoms with E-state index in [2.05, 4.69) is 5.32 Å². The molecule has 10 heavy (non-hydrogen) atoms. The van der Waals surface area contributed by atoms with Crippen LogP contribution < -0.4 is 5.32 Å². The van der Waals surface area contributed by atoms with Crippen LogP contribution in [0, 0.1) is 5.92 Å². The van der Waals surface area contributed by atoms with Crippen molar-refractivity contribution >= 4 is 5.97 Å². The predicted molar refractivity (Wildman–Crippen MR) is 39.9 cm³/mol. The van der Waals surface area contributed by atoms with Gasteiger partial charge >= 0.3 is 5.97 Å². The fourth-order valence-corrected chi connectivity index (χ4v) is 0.768. The van der Waals surface area contributed by atoms with E-state index in [1.807, 2.05) is 13.8 Å². The molecule has 0 amide bonds. The summed E-state index contributed by atoms with van der Waals surface area (Å²) in [5.41, 5.74) is 0. The zero-order chi connectivity index (χ0) is 8.85. The predicted octanol–water partition coefficient (Wildman–Crippen LogP) is 0.705. The lowest BCUT2D eigenvalue weighted by Gasteiger charge is -2.16. The topological polar surface area (TPSA) is 49.3 Å². The first kappa shape index (κ1) is 7.54. The zero-order valence-corrected chi connectivity index (χ0v) is 6.42. The average Bonchev–Trinajstić information content (AvgIpc) is 1.98. The van der Waals surface area contributed by atoms with Crippen LogP contribution in [0.3, 0.4) is 0 Å². The lowest BCUT2D eigenvalue weighted by Crippen LogP contribution is -2.39. The van der Waals surface area contributed by atoms with Crippen molar-refractivity contribution in [1.82, 2.24) is 5.32 Å². The molecule has 0 radical (unpaired) electrons. The Balaban J connectivity index is 3.97. The van der Waals surface area contributed by atoms with Gasteiger partial charge in [-0.2, -0.15) is 0 Å². The minimum atomic E-state index is -0.869. The summed E-state index contributed by atoms with van der Waals surface area (Å²) in [5, 5.41) is 11.3. The maximum absolute atomic E-state index is 10.5. The Hall–Kier alpha value is -0.570. The first-order chi connectivity index (χ1) is 5.13. The van der Waals surface area contributed by atoms with E-state index in [4.69, 9.17) is 6.48 Å². The van der Waals surface area contributed by atoms with Crippen molar-refractivity contribution in [3.05, 3.63) is 0 Å². The molecule has 2 N–H and O–H groups in total. The molecule has 0 saturated carbocycles. The number of nitrogens with one attached hydrogen (secondary N) is 1. The highest BCUT2D eigenvalue weighted by atomic mass is 16.4. The maximum atomic E-state index is 10.5. The number of carboxylic acids is 1. The molecule has 0 aliphatic heterocycles. The van der Waals surface area contributed by atoms with E-state index in [0.717, 1.165) is 6.42 Å². The van der Waals surface area contributed by atoms with Crippen molar-refractivity contribution in [1.29, 1.82) is 0 Å². The molecule has 3 heteroatoms. The van der Waals surface area contributed by atoms with Crippen molar-refractivity contribution in [2.24, 2.45) is 5.92 Å². The van der Waals surface area contributed by atoms with E-state index in [-0.39, 0.29) is 12.9 Å². The van der Waals surface area contributed by atoms with E-state index in [0.29, 0.717) is 0 Å². The van der Waals surface area contributed by atoms with Gasteiger partial charge in [-0.15, -0.1) is 0 Å². The Morgan fingerprint density at radius 1 is 1.90 bits per heavy atom. The monoisotopic (exact) mass is 146 g/mol. The third-order valence-electron chi connectivity index (χ3n) is 1.70.